The van der Waals surface area contributed by atoms with E-state index < -0.39 is 23.9 Å². The Labute approximate surface area is 138 Å². The van der Waals surface area contributed by atoms with Gasteiger partial charge in [0.15, 0.2) is 5.82 Å². The number of urea groups is 1. The number of carbonyl (C=O) groups is 3. The van der Waals surface area contributed by atoms with Crippen molar-refractivity contribution in [3.8, 4) is 11.5 Å². The second-order valence-corrected chi connectivity index (χ2v) is 5.82. The highest BCUT2D eigenvalue weighted by atomic mass is 16.5. The Kier molecular flexibility index (Phi) is 3.88. The van der Waals surface area contributed by atoms with Crippen molar-refractivity contribution in [3.05, 3.63) is 35.7 Å². The lowest BCUT2D eigenvalue weighted by Gasteiger charge is -2.17. The van der Waals surface area contributed by atoms with Crippen LogP contribution in [0.15, 0.2) is 28.8 Å². The van der Waals surface area contributed by atoms with Gasteiger partial charge in [0.2, 0.25) is 0 Å². The first kappa shape index (κ1) is 15.9. The van der Waals surface area contributed by atoms with Gasteiger partial charge in [-0.25, -0.2) is 9.69 Å². The lowest BCUT2D eigenvalue weighted by molar-refractivity contribution is -0.144. The Morgan fingerprint density at radius 1 is 1.08 bits per heavy atom. The lowest BCUT2D eigenvalue weighted by Crippen LogP contribution is -2.38. The highest BCUT2D eigenvalue weighted by molar-refractivity contribution is 6.44. The summed E-state index contributed by atoms with van der Waals surface area (Å²) < 4.78 is 5.16. The van der Waals surface area contributed by atoms with E-state index in [2.05, 4.69) is 10.1 Å². The van der Waals surface area contributed by atoms with Gasteiger partial charge in [-0.2, -0.15) is 4.98 Å². The molecule has 8 nitrogen and oxygen atoms in total. The third kappa shape index (κ3) is 2.66. The molecule has 1 aliphatic rings. The summed E-state index contributed by atoms with van der Waals surface area (Å²) in [5, 5.41) is 3.78. The molecule has 0 unspecified atom stereocenters. The van der Waals surface area contributed by atoms with Crippen molar-refractivity contribution in [2.75, 3.05) is 0 Å². The fourth-order valence-electron chi connectivity index (χ4n) is 2.39. The lowest BCUT2D eigenvalue weighted by atomic mass is 10.1. The predicted molar refractivity (Wildman–Crippen MR) is 82.4 cm³/mol. The molecule has 3 rings (SSSR count). The number of nitrogens with zero attached hydrogens (tertiary/aromatic N) is 4. The molecule has 0 aliphatic carbocycles. The van der Waals surface area contributed by atoms with Gasteiger partial charge >= 0.3 is 17.8 Å². The topological polar surface area (TPSA) is 96.6 Å². The van der Waals surface area contributed by atoms with E-state index in [-0.39, 0.29) is 18.3 Å². The van der Waals surface area contributed by atoms with E-state index in [1.807, 2.05) is 31.2 Å². The molecule has 0 saturated carbocycles. The van der Waals surface area contributed by atoms with Crippen molar-refractivity contribution in [1.29, 1.82) is 0 Å². The van der Waals surface area contributed by atoms with Crippen LogP contribution in [0.5, 0.6) is 0 Å². The van der Waals surface area contributed by atoms with Gasteiger partial charge in [-0.15, -0.1) is 0 Å². The highest BCUT2D eigenvalue weighted by Crippen LogP contribution is 2.20. The van der Waals surface area contributed by atoms with Gasteiger partial charge in [0.1, 0.15) is 0 Å². The van der Waals surface area contributed by atoms with Crippen molar-refractivity contribution in [3.63, 3.8) is 0 Å². The van der Waals surface area contributed by atoms with Crippen LogP contribution in [-0.2, 0) is 16.1 Å². The van der Waals surface area contributed by atoms with Crippen molar-refractivity contribution >= 4 is 17.8 Å². The van der Waals surface area contributed by atoms with E-state index in [1.54, 1.807) is 13.8 Å². The maximum Gasteiger partial charge on any atom is 0.334 e. The number of aromatic nitrogens is 2. The second kappa shape index (κ2) is 5.88. The van der Waals surface area contributed by atoms with Gasteiger partial charge < -0.3 is 4.52 Å². The molecular formula is C16H16N4O4. The van der Waals surface area contributed by atoms with Crippen LogP contribution in [0.2, 0.25) is 0 Å². The molecule has 1 aromatic heterocycles. The van der Waals surface area contributed by atoms with Crippen LogP contribution in [0.1, 0.15) is 25.2 Å². The zero-order valence-corrected chi connectivity index (χ0v) is 13.5. The number of carbonyl (C=O) groups excluding carboxylic acids is 3. The van der Waals surface area contributed by atoms with Crippen molar-refractivity contribution < 1.29 is 18.9 Å². The van der Waals surface area contributed by atoms with Gasteiger partial charge in [-0.05, 0) is 32.9 Å². The van der Waals surface area contributed by atoms with E-state index in [9.17, 15) is 14.4 Å². The molecule has 1 aromatic carbocycles. The third-order valence-electron chi connectivity index (χ3n) is 3.67. The third-order valence-corrected chi connectivity index (χ3v) is 3.67. The smallest absolute Gasteiger partial charge is 0.334 e. The minimum atomic E-state index is -0.879. The van der Waals surface area contributed by atoms with Crippen molar-refractivity contribution in [1.82, 2.24) is 19.9 Å². The van der Waals surface area contributed by atoms with Crippen LogP contribution >= 0.6 is 0 Å². The quantitative estimate of drug-likeness (QED) is 0.626. The molecule has 0 radical (unpaired) electrons. The normalized spacial score (nSPS) is 15.1. The van der Waals surface area contributed by atoms with E-state index >= 15 is 0 Å². The van der Waals surface area contributed by atoms with Crippen LogP contribution in [0.25, 0.3) is 11.5 Å². The van der Waals surface area contributed by atoms with E-state index in [1.165, 1.54) is 0 Å². The molecule has 1 aliphatic heterocycles. The number of hydrogen-bond donors (Lipinski definition) is 0. The molecule has 0 atom stereocenters. The van der Waals surface area contributed by atoms with Crippen LogP contribution in [0.4, 0.5) is 4.79 Å². The Hall–Kier alpha value is -3.03. The standard InChI is InChI=1S/C16H16N4O4/c1-9(2)20-15(22)14(21)19(16(20)23)8-12-17-13(24-18-12)11-6-4-10(3)5-7-11/h4-7,9H,8H2,1-3H3. The number of imide groups is 2. The zero-order chi connectivity index (χ0) is 17.4. The number of rotatable bonds is 4. The molecule has 0 spiro atoms. The Bertz CT molecular complexity index is 810. The molecule has 8 heteroatoms. The zero-order valence-electron chi connectivity index (χ0n) is 13.5. The minimum Gasteiger partial charge on any atom is -0.334 e. The van der Waals surface area contributed by atoms with Gasteiger partial charge in [-0.3, -0.25) is 14.5 Å². The van der Waals surface area contributed by atoms with Gasteiger partial charge in [0.25, 0.3) is 5.89 Å². The maximum absolute atomic E-state index is 12.2. The molecule has 0 N–H and O–H groups in total. The predicted octanol–water partition coefficient (Wildman–Crippen LogP) is 1.74. The first-order chi connectivity index (χ1) is 11.4. The first-order valence-corrected chi connectivity index (χ1v) is 7.47. The summed E-state index contributed by atoms with van der Waals surface area (Å²) in [6.45, 7) is 5.08. The average molecular weight is 328 g/mol. The summed E-state index contributed by atoms with van der Waals surface area (Å²) in [6.07, 6.45) is 0. The average Bonchev–Trinajstić information content (AvgIpc) is 3.08. The molecule has 124 valence electrons. The molecule has 1 saturated heterocycles. The van der Waals surface area contributed by atoms with Crippen molar-refractivity contribution in [2.24, 2.45) is 0 Å². The van der Waals surface area contributed by atoms with E-state index in [0.717, 1.165) is 20.9 Å². The van der Waals surface area contributed by atoms with Crippen LogP contribution in [-0.4, -0.2) is 43.8 Å². The second-order valence-electron chi connectivity index (χ2n) is 5.82. The summed E-state index contributed by atoms with van der Waals surface area (Å²) in [6, 6.07) is 6.43. The molecule has 0 bridgehead atoms. The molecular weight excluding hydrogens is 312 g/mol. The summed E-state index contributed by atoms with van der Waals surface area (Å²) in [5.41, 5.74) is 1.83. The molecule has 4 amide bonds. The van der Waals surface area contributed by atoms with Crippen LogP contribution in [0, 0.1) is 6.92 Å². The fourth-order valence-corrected chi connectivity index (χ4v) is 2.39. The molecule has 24 heavy (non-hydrogen) atoms. The number of amides is 4. The van der Waals surface area contributed by atoms with E-state index in [4.69, 9.17) is 4.52 Å². The van der Waals surface area contributed by atoms with Crippen LogP contribution < -0.4 is 0 Å². The number of aryl methyl sites for hydroxylation is 1. The monoisotopic (exact) mass is 328 g/mol. The number of benzene rings is 1. The summed E-state index contributed by atoms with van der Waals surface area (Å²) in [5.74, 6) is -1.27. The maximum atomic E-state index is 12.2. The minimum absolute atomic E-state index is 0.158. The van der Waals surface area contributed by atoms with Crippen molar-refractivity contribution in [2.45, 2.75) is 33.4 Å². The van der Waals surface area contributed by atoms with E-state index in [0.29, 0.717) is 0 Å². The largest absolute Gasteiger partial charge is 0.334 e. The molecule has 2 heterocycles. The van der Waals surface area contributed by atoms with Gasteiger partial charge in [0, 0.05) is 11.6 Å². The van der Waals surface area contributed by atoms with Gasteiger partial charge in [-0.1, -0.05) is 22.9 Å². The Morgan fingerprint density at radius 3 is 2.33 bits per heavy atom. The fraction of sp³-hybridized carbons (Fsp3) is 0.312. The Balaban J connectivity index is 1.80. The van der Waals surface area contributed by atoms with Crippen LogP contribution in [0.3, 0.4) is 0 Å². The Morgan fingerprint density at radius 2 is 1.75 bits per heavy atom. The summed E-state index contributed by atoms with van der Waals surface area (Å²) in [4.78, 5) is 42.0. The highest BCUT2D eigenvalue weighted by Gasteiger charge is 2.46. The SMILES string of the molecule is Cc1ccc(-c2nc(CN3C(=O)C(=O)N(C(C)C)C3=O)no2)cc1. The number of hydrogen-bond acceptors (Lipinski definition) is 6. The van der Waals surface area contributed by atoms with Gasteiger partial charge in [0.05, 0.1) is 6.54 Å². The molecule has 1 fully saturated rings. The summed E-state index contributed by atoms with van der Waals surface area (Å²) >= 11 is 0. The first-order valence-electron chi connectivity index (χ1n) is 7.47. The molecule has 2 aromatic rings. The summed E-state index contributed by atoms with van der Waals surface area (Å²) in [7, 11) is 0.